The van der Waals surface area contributed by atoms with Crippen LogP contribution in [0.3, 0.4) is 0 Å². The van der Waals surface area contributed by atoms with Crippen molar-refractivity contribution in [2.45, 2.75) is 57.8 Å². The van der Waals surface area contributed by atoms with Crippen molar-refractivity contribution in [1.82, 2.24) is 15.0 Å². The molecule has 0 saturated heterocycles. The summed E-state index contributed by atoms with van der Waals surface area (Å²) in [6.45, 7) is 13.9. The minimum atomic E-state index is -0.211. The molecule has 2 aromatic heterocycles. The van der Waals surface area contributed by atoms with Crippen LogP contribution < -0.4 is 4.90 Å². The van der Waals surface area contributed by atoms with Gasteiger partial charge in [0.05, 0.1) is 11.4 Å². The fourth-order valence-electron chi connectivity index (χ4n) is 11.6. The first kappa shape index (κ1) is 37.9. The summed E-state index contributed by atoms with van der Waals surface area (Å²) in [5.74, 6) is 1.78. The van der Waals surface area contributed by atoms with Crippen LogP contribution in [0.2, 0.25) is 0 Å². The Morgan fingerprint density at radius 1 is 0.385 bits per heavy atom. The Morgan fingerprint density at radius 3 is 1.68 bits per heavy atom. The molecule has 0 spiro atoms. The lowest BCUT2D eigenvalue weighted by Gasteiger charge is -2.27. The fraction of sp³-hybridized carbons (Fsp3) is 0.150. The predicted molar refractivity (Wildman–Crippen MR) is 265 cm³/mol. The highest BCUT2D eigenvalue weighted by atomic mass is 16.3. The van der Waals surface area contributed by atoms with E-state index in [9.17, 15) is 0 Å². The molecule has 0 radical (unpaired) electrons. The maximum atomic E-state index is 6.39. The monoisotopic (exact) mass is 838 g/mol. The Bertz CT molecular complexity index is 3660. The van der Waals surface area contributed by atoms with Gasteiger partial charge in [-0.1, -0.05) is 169 Å². The van der Waals surface area contributed by atoms with E-state index in [1.165, 1.54) is 66.8 Å². The van der Waals surface area contributed by atoms with Crippen molar-refractivity contribution in [2.75, 3.05) is 4.90 Å². The lowest BCUT2D eigenvalue weighted by molar-refractivity contribution is 0.660. The SMILES string of the molecule is CC1(C)c2ccccc2-c2cc(-c3nc(-c4ccc5c(c4)C(C)(C)c4ccccc4-5)nc(N(c4ccc5oc6ccccc6c5c4)c4cccc5c4-c4ccccc4C5(C)C)n3)ccc21. The zero-order valence-electron chi connectivity index (χ0n) is 37.4. The van der Waals surface area contributed by atoms with Crippen LogP contribution >= 0.6 is 0 Å². The van der Waals surface area contributed by atoms with Gasteiger partial charge in [0.15, 0.2) is 11.6 Å². The molecule has 3 aliphatic carbocycles. The molecule has 5 heteroatoms. The van der Waals surface area contributed by atoms with Gasteiger partial charge in [0.2, 0.25) is 5.95 Å². The molecular formula is C60H46N4O. The van der Waals surface area contributed by atoms with Gasteiger partial charge < -0.3 is 4.42 Å². The Labute approximate surface area is 379 Å². The topological polar surface area (TPSA) is 55.1 Å². The van der Waals surface area contributed by atoms with E-state index in [0.717, 1.165) is 44.4 Å². The third kappa shape index (κ3) is 5.30. The number of nitrogens with zero attached hydrogens (tertiary/aromatic N) is 4. The summed E-state index contributed by atoms with van der Waals surface area (Å²) < 4.78 is 6.39. The molecule has 0 unspecified atom stereocenters. The second-order valence-corrected chi connectivity index (χ2v) is 19.6. The van der Waals surface area contributed by atoms with E-state index in [4.69, 9.17) is 19.4 Å². The summed E-state index contributed by atoms with van der Waals surface area (Å²) in [7, 11) is 0. The van der Waals surface area contributed by atoms with Crippen LogP contribution in [0.25, 0.3) is 78.1 Å². The minimum absolute atomic E-state index is 0.126. The maximum absolute atomic E-state index is 6.39. The number of rotatable bonds is 5. The molecule has 3 aliphatic rings. The van der Waals surface area contributed by atoms with Crippen molar-refractivity contribution in [3.05, 3.63) is 203 Å². The first-order valence-corrected chi connectivity index (χ1v) is 22.7. The average molecular weight is 839 g/mol. The van der Waals surface area contributed by atoms with Crippen molar-refractivity contribution in [1.29, 1.82) is 0 Å². The molecule has 0 atom stereocenters. The molecule has 5 nitrogen and oxygen atoms in total. The molecule has 8 aromatic carbocycles. The number of benzene rings is 8. The Balaban J connectivity index is 1.09. The summed E-state index contributed by atoms with van der Waals surface area (Å²) in [5.41, 5.74) is 20.2. The van der Waals surface area contributed by atoms with E-state index in [2.05, 4.69) is 204 Å². The molecule has 0 fully saturated rings. The van der Waals surface area contributed by atoms with Crippen LogP contribution in [0, 0.1) is 0 Å². The molecule has 65 heavy (non-hydrogen) atoms. The molecule has 312 valence electrons. The third-order valence-corrected chi connectivity index (χ3v) is 15.0. The number of hydrogen-bond donors (Lipinski definition) is 0. The van der Waals surface area contributed by atoms with Crippen molar-refractivity contribution >= 4 is 39.3 Å². The predicted octanol–water partition coefficient (Wildman–Crippen LogP) is 15.5. The van der Waals surface area contributed by atoms with Crippen LogP contribution in [0.5, 0.6) is 0 Å². The van der Waals surface area contributed by atoms with Gasteiger partial charge in [0, 0.05) is 43.7 Å². The molecule has 13 rings (SSSR count). The van der Waals surface area contributed by atoms with Gasteiger partial charge in [0.25, 0.3) is 0 Å². The molecule has 0 bridgehead atoms. The Hall–Kier alpha value is -7.63. The summed E-state index contributed by atoms with van der Waals surface area (Å²) in [6.07, 6.45) is 0. The van der Waals surface area contributed by atoms with Crippen molar-refractivity contribution in [3.8, 4) is 56.2 Å². The minimum Gasteiger partial charge on any atom is -0.456 e. The normalized spacial score (nSPS) is 15.3. The number of anilines is 3. The number of hydrogen-bond acceptors (Lipinski definition) is 5. The smallest absolute Gasteiger partial charge is 0.238 e. The van der Waals surface area contributed by atoms with E-state index in [-0.39, 0.29) is 16.2 Å². The van der Waals surface area contributed by atoms with Gasteiger partial charge in [-0.3, -0.25) is 4.90 Å². The van der Waals surface area contributed by atoms with Gasteiger partial charge in [-0.25, -0.2) is 4.98 Å². The second kappa shape index (κ2) is 13.2. The number of aromatic nitrogens is 3. The Morgan fingerprint density at radius 2 is 0.923 bits per heavy atom. The van der Waals surface area contributed by atoms with Gasteiger partial charge in [0.1, 0.15) is 11.2 Å². The first-order chi connectivity index (χ1) is 31.5. The van der Waals surface area contributed by atoms with E-state index < -0.39 is 0 Å². The van der Waals surface area contributed by atoms with Crippen molar-refractivity contribution in [3.63, 3.8) is 0 Å². The van der Waals surface area contributed by atoms with Crippen molar-refractivity contribution in [2.24, 2.45) is 0 Å². The molecule has 10 aromatic rings. The third-order valence-electron chi connectivity index (χ3n) is 15.0. The van der Waals surface area contributed by atoms with Gasteiger partial charge in [-0.15, -0.1) is 0 Å². The van der Waals surface area contributed by atoms with Crippen LogP contribution in [0.4, 0.5) is 17.3 Å². The number of fused-ring (bicyclic) bond motifs is 12. The molecule has 0 aliphatic heterocycles. The lowest BCUT2D eigenvalue weighted by Crippen LogP contribution is -2.18. The van der Waals surface area contributed by atoms with Crippen LogP contribution in [-0.4, -0.2) is 15.0 Å². The fourth-order valence-corrected chi connectivity index (χ4v) is 11.6. The molecule has 0 saturated carbocycles. The lowest BCUT2D eigenvalue weighted by atomic mass is 9.82. The molecule has 0 amide bonds. The summed E-state index contributed by atoms with van der Waals surface area (Å²) in [4.78, 5) is 18.8. The summed E-state index contributed by atoms with van der Waals surface area (Å²) in [6, 6.07) is 61.3. The zero-order chi connectivity index (χ0) is 44.0. The average Bonchev–Trinajstić information content (AvgIpc) is 3.97. The summed E-state index contributed by atoms with van der Waals surface area (Å²) >= 11 is 0. The highest BCUT2D eigenvalue weighted by Crippen LogP contribution is 2.55. The number of furan rings is 1. The first-order valence-electron chi connectivity index (χ1n) is 22.7. The zero-order valence-corrected chi connectivity index (χ0v) is 37.4. The van der Waals surface area contributed by atoms with E-state index in [1.807, 2.05) is 12.1 Å². The highest BCUT2D eigenvalue weighted by molar-refractivity contribution is 6.07. The van der Waals surface area contributed by atoms with E-state index >= 15 is 0 Å². The molecular weight excluding hydrogens is 793 g/mol. The highest BCUT2D eigenvalue weighted by Gasteiger charge is 2.40. The molecule has 0 N–H and O–H groups in total. The number of para-hydroxylation sites is 1. The van der Waals surface area contributed by atoms with Crippen LogP contribution in [0.15, 0.2) is 174 Å². The van der Waals surface area contributed by atoms with Gasteiger partial charge in [-0.05, 0) is 104 Å². The van der Waals surface area contributed by atoms with E-state index in [0.29, 0.717) is 17.6 Å². The van der Waals surface area contributed by atoms with E-state index in [1.54, 1.807) is 0 Å². The standard InChI is InChI=1S/C60H46N4O/c1-58(2)46-21-12-8-17-39(46)43-32-35(27-30-48(43)58)55-61-56(36-26-29-40-38-16-7-11-20-45(38)60(5,6)50(40)33-36)63-57(62-55)64(37-28-31-53-44(34-37)41-18-10-14-25-52(41)65-53)51-24-15-23-49-54(51)42-19-9-13-22-47(42)59(49,3)4/h7-34H,1-6H3. The quantitative estimate of drug-likeness (QED) is 0.173. The summed E-state index contributed by atoms with van der Waals surface area (Å²) in [5, 5.41) is 2.10. The largest absolute Gasteiger partial charge is 0.456 e. The second-order valence-electron chi connectivity index (χ2n) is 19.6. The van der Waals surface area contributed by atoms with Crippen molar-refractivity contribution < 1.29 is 4.42 Å². The van der Waals surface area contributed by atoms with Gasteiger partial charge >= 0.3 is 0 Å². The molecule has 2 heterocycles. The van der Waals surface area contributed by atoms with Crippen LogP contribution in [0.1, 0.15) is 74.9 Å². The Kier molecular flexibility index (Phi) is 7.70. The van der Waals surface area contributed by atoms with Gasteiger partial charge in [-0.2, -0.15) is 9.97 Å². The maximum Gasteiger partial charge on any atom is 0.238 e. The van der Waals surface area contributed by atoms with Crippen LogP contribution in [-0.2, 0) is 16.2 Å².